The van der Waals surface area contributed by atoms with Crippen molar-refractivity contribution in [2.75, 3.05) is 0 Å². The lowest BCUT2D eigenvalue weighted by atomic mass is 10.1. The smallest absolute Gasteiger partial charge is 0.0691 e. The first-order valence-electron chi connectivity index (χ1n) is 6.10. The maximum absolute atomic E-state index is 4.47. The van der Waals surface area contributed by atoms with E-state index in [0.717, 1.165) is 22.4 Å². The van der Waals surface area contributed by atoms with E-state index < -0.39 is 0 Å². The third kappa shape index (κ3) is 3.21. The van der Waals surface area contributed by atoms with E-state index in [9.17, 15) is 0 Å². The molecule has 0 saturated carbocycles. The van der Waals surface area contributed by atoms with Gasteiger partial charge in [0.1, 0.15) is 0 Å². The van der Waals surface area contributed by atoms with E-state index in [2.05, 4.69) is 52.3 Å². The zero-order valence-electron chi connectivity index (χ0n) is 10.9. The second kappa shape index (κ2) is 5.67. The van der Waals surface area contributed by atoms with Crippen molar-refractivity contribution in [3.63, 3.8) is 0 Å². The average molecular weight is 308 g/mol. The summed E-state index contributed by atoms with van der Waals surface area (Å²) in [7, 11) is 0. The molecule has 1 heterocycles. The van der Waals surface area contributed by atoms with Crippen molar-refractivity contribution in [1.82, 2.24) is 15.1 Å². The number of nitrogens with zero attached hydrogens (tertiary/aromatic N) is 2. The van der Waals surface area contributed by atoms with Crippen LogP contribution in [-0.2, 0) is 6.54 Å². The highest BCUT2D eigenvalue weighted by Crippen LogP contribution is 2.20. The van der Waals surface area contributed by atoms with E-state index in [1.807, 2.05) is 29.9 Å². The van der Waals surface area contributed by atoms with Crippen LogP contribution in [0, 0.1) is 6.92 Å². The third-order valence-electron chi connectivity index (χ3n) is 2.71. The minimum atomic E-state index is 0.469. The van der Waals surface area contributed by atoms with Crippen molar-refractivity contribution < 1.29 is 0 Å². The molecule has 4 heteroatoms. The lowest BCUT2D eigenvalue weighted by Gasteiger charge is -2.13. The Morgan fingerprint density at radius 2 is 2.11 bits per heavy atom. The lowest BCUT2D eigenvalue weighted by Crippen LogP contribution is -2.22. The highest BCUT2D eigenvalue weighted by molar-refractivity contribution is 9.10. The first-order chi connectivity index (χ1) is 8.56. The Morgan fingerprint density at radius 1 is 1.33 bits per heavy atom. The van der Waals surface area contributed by atoms with Crippen LogP contribution in [0.5, 0.6) is 0 Å². The summed E-state index contributed by atoms with van der Waals surface area (Å²) in [6.45, 7) is 7.14. The average Bonchev–Trinajstić information content (AvgIpc) is 2.73. The summed E-state index contributed by atoms with van der Waals surface area (Å²) in [6, 6.07) is 8.76. The number of hydrogen-bond acceptors (Lipinski definition) is 2. The highest BCUT2D eigenvalue weighted by atomic mass is 79.9. The van der Waals surface area contributed by atoms with Gasteiger partial charge in [-0.3, -0.25) is 0 Å². The molecule has 0 spiro atoms. The Balaban J connectivity index is 2.34. The summed E-state index contributed by atoms with van der Waals surface area (Å²) in [5.41, 5.74) is 3.39. The molecule has 0 atom stereocenters. The molecule has 0 bridgehead atoms. The quantitative estimate of drug-likeness (QED) is 0.937. The van der Waals surface area contributed by atoms with Crippen LogP contribution in [0.15, 0.2) is 34.9 Å². The molecule has 0 unspecified atom stereocenters. The largest absolute Gasteiger partial charge is 0.310 e. The summed E-state index contributed by atoms with van der Waals surface area (Å²) in [5.74, 6) is 0. The van der Waals surface area contributed by atoms with E-state index in [1.165, 1.54) is 5.56 Å². The predicted molar refractivity (Wildman–Crippen MR) is 78.0 cm³/mol. The number of benzene rings is 1. The van der Waals surface area contributed by atoms with Crippen molar-refractivity contribution in [2.24, 2.45) is 0 Å². The summed E-state index contributed by atoms with van der Waals surface area (Å²) in [6.07, 6.45) is 2.00. The zero-order valence-corrected chi connectivity index (χ0v) is 12.5. The van der Waals surface area contributed by atoms with Crippen LogP contribution in [0.4, 0.5) is 0 Å². The number of halogens is 1. The van der Waals surface area contributed by atoms with E-state index in [4.69, 9.17) is 0 Å². The van der Waals surface area contributed by atoms with Crippen LogP contribution in [0.3, 0.4) is 0 Å². The Hall–Kier alpha value is -1.13. The maximum Gasteiger partial charge on any atom is 0.0691 e. The van der Waals surface area contributed by atoms with Gasteiger partial charge >= 0.3 is 0 Å². The molecular formula is C14H18BrN3. The summed E-state index contributed by atoms with van der Waals surface area (Å²) < 4.78 is 3.02. The number of rotatable bonds is 4. The van der Waals surface area contributed by atoms with Gasteiger partial charge in [-0.1, -0.05) is 29.8 Å². The molecule has 0 saturated heterocycles. The molecule has 1 aromatic carbocycles. The molecule has 0 aliphatic rings. The minimum absolute atomic E-state index is 0.469. The van der Waals surface area contributed by atoms with Crippen LogP contribution < -0.4 is 5.32 Å². The van der Waals surface area contributed by atoms with Crippen molar-refractivity contribution >= 4 is 15.9 Å². The first kappa shape index (κ1) is 13.3. The van der Waals surface area contributed by atoms with E-state index >= 15 is 0 Å². The molecule has 0 fully saturated rings. The summed E-state index contributed by atoms with van der Waals surface area (Å²) in [5, 5.41) is 7.92. The number of aromatic nitrogens is 2. The molecule has 2 aromatic rings. The Labute approximate surface area is 116 Å². The molecule has 2 rings (SSSR count). The normalized spacial score (nSPS) is 11.2. The second-order valence-electron chi connectivity index (χ2n) is 4.71. The highest BCUT2D eigenvalue weighted by Gasteiger charge is 2.07. The van der Waals surface area contributed by atoms with Crippen molar-refractivity contribution in [3.05, 3.63) is 46.2 Å². The molecule has 3 nitrogen and oxygen atoms in total. The molecule has 0 aliphatic heterocycles. The number of hydrogen-bond donors (Lipinski definition) is 1. The van der Waals surface area contributed by atoms with Gasteiger partial charge in [-0.25, -0.2) is 4.68 Å². The van der Waals surface area contributed by atoms with Crippen molar-refractivity contribution in [1.29, 1.82) is 0 Å². The van der Waals surface area contributed by atoms with E-state index in [-0.39, 0.29) is 0 Å². The molecule has 1 aromatic heterocycles. The van der Waals surface area contributed by atoms with Crippen LogP contribution >= 0.6 is 15.9 Å². The van der Waals surface area contributed by atoms with Crippen LogP contribution in [0.25, 0.3) is 5.69 Å². The van der Waals surface area contributed by atoms with Crippen molar-refractivity contribution in [2.45, 2.75) is 33.4 Å². The molecular weight excluding hydrogens is 290 g/mol. The number of nitrogens with one attached hydrogen (secondary N) is 1. The van der Waals surface area contributed by atoms with Crippen LogP contribution in [0.1, 0.15) is 25.1 Å². The maximum atomic E-state index is 4.47. The second-order valence-corrected chi connectivity index (χ2v) is 5.63. The van der Waals surface area contributed by atoms with Gasteiger partial charge in [0.05, 0.1) is 11.4 Å². The molecule has 0 amide bonds. The van der Waals surface area contributed by atoms with Gasteiger partial charge in [0.2, 0.25) is 0 Å². The van der Waals surface area contributed by atoms with Gasteiger partial charge in [0.25, 0.3) is 0 Å². The standard InChI is InChI=1S/C14H18BrN3/c1-10(2)16-9-12-8-13(15)4-5-14(12)18-7-6-11(3)17-18/h4-8,10,16H,9H2,1-3H3. The first-order valence-corrected chi connectivity index (χ1v) is 6.90. The van der Waals surface area contributed by atoms with Crippen molar-refractivity contribution in [3.8, 4) is 5.69 Å². The summed E-state index contributed by atoms with van der Waals surface area (Å²) in [4.78, 5) is 0. The minimum Gasteiger partial charge on any atom is -0.310 e. The van der Waals surface area contributed by atoms with Gasteiger partial charge in [-0.2, -0.15) is 5.10 Å². The fourth-order valence-electron chi connectivity index (χ4n) is 1.78. The molecule has 96 valence electrons. The number of aryl methyl sites for hydroxylation is 1. The van der Waals surface area contributed by atoms with Gasteiger partial charge in [-0.05, 0) is 36.8 Å². The Kier molecular flexibility index (Phi) is 4.19. The molecule has 1 N–H and O–H groups in total. The van der Waals surface area contributed by atoms with Gasteiger partial charge < -0.3 is 5.32 Å². The third-order valence-corrected chi connectivity index (χ3v) is 3.20. The molecule has 18 heavy (non-hydrogen) atoms. The fourth-order valence-corrected chi connectivity index (χ4v) is 2.19. The topological polar surface area (TPSA) is 29.9 Å². The van der Waals surface area contributed by atoms with Crippen LogP contribution in [0.2, 0.25) is 0 Å². The zero-order chi connectivity index (χ0) is 13.1. The fraction of sp³-hybridized carbons (Fsp3) is 0.357. The van der Waals surface area contributed by atoms with E-state index in [1.54, 1.807) is 0 Å². The summed E-state index contributed by atoms with van der Waals surface area (Å²) >= 11 is 3.52. The van der Waals surface area contributed by atoms with Gasteiger partial charge in [0, 0.05) is 23.3 Å². The Morgan fingerprint density at radius 3 is 2.72 bits per heavy atom. The van der Waals surface area contributed by atoms with Crippen LogP contribution in [-0.4, -0.2) is 15.8 Å². The van der Waals surface area contributed by atoms with Gasteiger partial charge in [0.15, 0.2) is 0 Å². The SMILES string of the molecule is Cc1ccn(-c2ccc(Br)cc2CNC(C)C)n1. The lowest BCUT2D eigenvalue weighted by molar-refractivity contribution is 0.586. The Bertz CT molecular complexity index is 532. The molecule has 0 aliphatic carbocycles. The molecule has 0 radical (unpaired) electrons. The monoisotopic (exact) mass is 307 g/mol. The van der Waals surface area contributed by atoms with E-state index in [0.29, 0.717) is 6.04 Å². The predicted octanol–water partition coefficient (Wildman–Crippen LogP) is 3.44. The van der Waals surface area contributed by atoms with Gasteiger partial charge in [-0.15, -0.1) is 0 Å².